The lowest BCUT2D eigenvalue weighted by molar-refractivity contribution is -0.160. The summed E-state index contributed by atoms with van der Waals surface area (Å²) >= 11 is 0. The highest BCUT2D eigenvalue weighted by atomic mass is 16.4. The molecule has 0 aliphatic rings. The molecule has 0 aromatic heterocycles. The van der Waals surface area contributed by atoms with Crippen molar-refractivity contribution in [3.05, 3.63) is 0 Å². The van der Waals surface area contributed by atoms with Gasteiger partial charge in [0.15, 0.2) is 5.54 Å². The number of unbranched alkanes of at least 4 members (excludes halogenated alkanes) is 2. The molecule has 0 bridgehead atoms. The van der Waals surface area contributed by atoms with Gasteiger partial charge in [0.1, 0.15) is 5.92 Å². The van der Waals surface area contributed by atoms with E-state index in [2.05, 4.69) is 0 Å². The number of hydrogen-bond acceptors (Lipinski definition) is 4. The van der Waals surface area contributed by atoms with Crippen LogP contribution in [-0.4, -0.2) is 44.8 Å². The Labute approximate surface area is 121 Å². The van der Waals surface area contributed by atoms with E-state index in [1.54, 1.807) is 0 Å². The van der Waals surface area contributed by atoms with Gasteiger partial charge in [-0.3, -0.25) is 9.59 Å². The molecule has 0 aliphatic carbocycles. The molecule has 120 valence electrons. The molecule has 2 atom stereocenters. The Bertz CT molecular complexity index is 424. The van der Waals surface area contributed by atoms with Crippen LogP contribution in [0.4, 0.5) is 4.79 Å². The molecular weight excluding hydrogens is 284 g/mol. The van der Waals surface area contributed by atoms with Gasteiger partial charge in [-0.1, -0.05) is 26.2 Å². The van der Waals surface area contributed by atoms with Gasteiger partial charge in [0, 0.05) is 0 Å². The average Bonchev–Trinajstić information content (AvgIpc) is 2.33. The smallest absolute Gasteiger partial charge is 0.330 e. The van der Waals surface area contributed by atoms with E-state index in [1.165, 1.54) is 0 Å². The molecule has 0 aliphatic heterocycles. The second-order valence-electron chi connectivity index (χ2n) is 4.71. The molecule has 9 heteroatoms. The number of nitrogens with one attached hydrogen (secondary N) is 1. The largest absolute Gasteiger partial charge is 0.481 e. The van der Waals surface area contributed by atoms with E-state index >= 15 is 0 Å². The fourth-order valence-corrected chi connectivity index (χ4v) is 2.15. The minimum Gasteiger partial charge on any atom is -0.481 e. The molecule has 9 nitrogen and oxygen atoms in total. The molecule has 21 heavy (non-hydrogen) atoms. The van der Waals surface area contributed by atoms with Gasteiger partial charge in [-0.2, -0.15) is 0 Å². The van der Waals surface area contributed by atoms with Gasteiger partial charge in [0.25, 0.3) is 0 Å². The summed E-state index contributed by atoms with van der Waals surface area (Å²) in [5.74, 6) is -6.54. The van der Waals surface area contributed by atoms with Crippen molar-refractivity contribution >= 4 is 23.9 Å². The van der Waals surface area contributed by atoms with Crippen LogP contribution in [0.5, 0.6) is 0 Å². The summed E-state index contributed by atoms with van der Waals surface area (Å²) in [6.07, 6.45) is 0.502. The lowest BCUT2D eigenvalue weighted by atomic mass is 9.77. The minimum atomic E-state index is -2.24. The number of rotatable bonds is 10. The summed E-state index contributed by atoms with van der Waals surface area (Å²) in [7, 11) is 0. The van der Waals surface area contributed by atoms with Crippen LogP contribution in [0.25, 0.3) is 0 Å². The van der Waals surface area contributed by atoms with Crippen molar-refractivity contribution in [2.75, 3.05) is 0 Å². The van der Waals surface area contributed by atoms with E-state index in [0.717, 1.165) is 6.42 Å². The van der Waals surface area contributed by atoms with Gasteiger partial charge in [-0.25, -0.2) is 9.59 Å². The highest BCUT2D eigenvalue weighted by Crippen LogP contribution is 2.28. The van der Waals surface area contributed by atoms with Crippen molar-refractivity contribution in [3.63, 3.8) is 0 Å². The molecule has 2 amide bonds. The predicted molar refractivity (Wildman–Crippen MR) is 70.6 cm³/mol. The van der Waals surface area contributed by atoms with Gasteiger partial charge < -0.3 is 26.4 Å². The molecule has 0 fully saturated rings. The maximum absolute atomic E-state index is 11.6. The molecule has 0 saturated carbocycles. The van der Waals surface area contributed by atoms with Gasteiger partial charge >= 0.3 is 23.9 Å². The molecule has 0 aromatic carbocycles. The third kappa shape index (κ3) is 5.28. The van der Waals surface area contributed by atoms with Gasteiger partial charge in [-0.05, 0) is 6.42 Å². The second kappa shape index (κ2) is 8.08. The SMILES string of the molecule is CCCCCC(NC(N)=O)(C(=O)O)C(CC(=O)O)C(=O)O. The number of hydrogen-bond donors (Lipinski definition) is 5. The topological polar surface area (TPSA) is 167 Å². The van der Waals surface area contributed by atoms with Crippen molar-refractivity contribution in [1.82, 2.24) is 5.32 Å². The molecule has 2 unspecified atom stereocenters. The summed E-state index contributed by atoms with van der Waals surface area (Å²) in [4.78, 5) is 44.7. The molecule has 6 N–H and O–H groups in total. The van der Waals surface area contributed by atoms with Crippen molar-refractivity contribution in [3.8, 4) is 0 Å². The van der Waals surface area contributed by atoms with Crippen molar-refractivity contribution in [2.24, 2.45) is 11.7 Å². The quantitative estimate of drug-likeness (QED) is 0.360. The molecule has 0 aromatic rings. The van der Waals surface area contributed by atoms with Crippen LogP contribution in [0.3, 0.4) is 0 Å². The number of carbonyl (C=O) groups excluding carboxylic acids is 1. The summed E-state index contributed by atoms with van der Waals surface area (Å²) < 4.78 is 0. The zero-order chi connectivity index (χ0) is 16.6. The van der Waals surface area contributed by atoms with Gasteiger partial charge in [-0.15, -0.1) is 0 Å². The average molecular weight is 304 g/mol. The number of amides is 2. The van der Waals surface area contributed by atoms with Crippen molar-refractivity contribution in [2.45, 2.75) is 44.6 Å². The van der Waals surface area contributed by atoms with Crippen molar-refractivity contribution < 1.29 is 34.5 Å². The summed E-state index contributed by atoms with van der Waals surface area (Å²) in [6, 6.07) is -1.22. The lowest BCUT2D eigenvalue weighted by Gasteiger charge is -2.34. The van der Waals surface area contributed by atoms with E-state index in [0.29, 0.717) is 12.8 Å². The molecular formula is C12H20N2O7. The molecule has 0 heterocycles. The van der Waals surface area contributed by atoms with Crippen LogP contribution in [0, 0.1) is 5.92 Å². The number of carbonyl (C=O) groups is 4. The molecule has 0 rings (SSSR count). The zero-order valence-electron chi connectivity index (χ0n) is 11.7. The first-order valence-electron chi connectivity index (χ1n) is 6.43. The summed E-state index contributed by atoms with van der Waals surface area (Å²) in [5, 5.41) is 29.3. The summed E-state index contributed by atoms with van der Waals surface area (Å²) in [5.41, 5.74) is 2.69. The van der Waals surface area contributed by atoms with Crippen LogP contribution >= 0.6 is 0 Å². The van der Waals surface area contributed by atoms with Crippen LogP contribution in [-0.2, 0) is 14.4 Å². The van der Waals surface area contributed by atoms with E-state index < -0.39 is 41.8 Å². The van der Waals surface area contributed by atoms with Gasteiger partial charge in [0.05, 0.1) is 6.42 Å². The number of urea groups is 1. The van der Waals surface area contributed by atoms with E-state index in [-0.39, 0.29) is 6.42 Å². The van der Waals surface area contributed by atoms with Crippen LogP contribution < -0.4 is 11.1 Å². The number of nitrogens with two attached hydrogens (primary N) is 1. The normalized spacial score (nSPS) is 14.7. The minimum absolute atomic E-state index is 0.219. The lowest BCUT2D eigenvalue weighted by Crippen LogP contribution is -2.62. The van der Waals surface area contributed by atoms with E-state index in [9.17, 15) is 24.3 Å². The van der Waals surface area contributed by atoms with Crippen LogP contribution in [0.1, 0.15) is 39.0 Å². The molecule has 0 saturated heterocycles. The fraction of sp³-hybridized carbons (Fsp3) is 0.667. The maximum atomic E-state index is 11.6. The van der Waals surface area contributed by atoms with E-state index in [4.69, 9.17) is 15.9 Å². The highest BCUT2D eigenvalue weighted by molar-refractivity contribution is 5.92. The van der Waals surface area contributed by atoms with Crippen LogP contribution in [0.2, 0.25) is 0 Å². The first kappa shape index (κ1) is 18.7. The monoisotopic (exact) mass is 304 g/mol. The number of carboxylic acids is 3. The number of primary amides is 1. The Kier molecular flexibility index (Phi) is 7.18. The highest BCUT2D eigenvalue weighted by Gasteiger charge is 2.51. The second-order valence-corrected chi connectivity index (χ2v) is 4.71. The third-order valence-corrected chi connectivity index (χ3v) is 3.17. The van der Waals surface area contributed by atoms with Crippen molar-refractivity contribution in [1.29, 1.82) is 0 Å². The maximum Gasteiger partial charge on any atom is 0.330 e. The Morgan fingerprint density at radius 3 is 2.05 bits per heavy atom. The molecule has 0 spiro atoms. The third-order valence-electron chi connectivity index (χ3n) is 3.17. The number of aliphatic carboxylic acids is 3. The van der Waals surface area contributed by atoms with Gasteiger partial charge in [0.2, 0.25) is 0 Å². The zero-order valence-corrected chi connectivity index (χ0v) is 11.7. The Morgan fingerprint density at radius 1 is 1.14 bits per heavy atom. The first-order valence-corrected chi connectivity index (χ1v) is 6.43. The summed E-state index contributed by atoms with van der Waals surface area (Å²) in [6.45, 7) is 1.86. The number of carboxylic acid groups (broad SMARTS) is 3. The Hall–Kier alpha value is -2.32. The Morgan fingerprint density at radius 2 is 1.71 bits per heavy atom. The van der Waals surface area contributed by atoms with E-state index in [1.807, 2.05) is 12.2 Å². The Balaban J connectivity index is 5.65. The fourth-order valence-electron chi connectivity index (χ4n) is 2.15. The standard InChI is InChI=1S/C12H20N2O7/c1-2-3-4-5-12(10(19)20,14-11(13)21)7(9(17)18)6-8(15)16/h7H,2-6H2,1H3,(H,15,16)(H,17,18)(H,19,20)(H3,13,14,21). The van der Waals surface area contributed by atoms with Crippen LogP contribution in [0.15, 0.2) is 0 Å². The first-order chi connectivity index (χ1) is 9.67. The predicted octanol–water partition coefficient (Wildman–Crippen LogP) is 0.234. The molecule has 0 radical (unpaired) electrons.